The SMILES string of the molecule is C[C@H](NC(=O)[C@](CCCN)(NC(=O)OC(C)(C)C)C(=O)c1ccc(CN(Cc2ccccn2)C(=O)OC(C)(C)C)c2ncccc12)c1cccc2ccccc12. The van der Waals surface area contributed by atoms with E-state index >= 15 is 4.79 Å². The summed E-state index contributed by atoms with van der Waals surface area (Å²) < 4.78 is 11.4. The summed E-state index contributed by atoms with van der Waals surface area (Å²) in [6.45, 7) is 12.7. The number of pyridine rings is 2. The number of benzene rings is 3. The topological polar surface area (TPSA) is 166 Å². The molecule has 294 valence electrons. The first kappa shape index (κ1) is 41.3. The molecule has 0 saturated carbocycles. The number of Topliss-reactive ketones (excluding diaryl/α,β-unsaturated/α-hetero) is 1. The summed E-state index contributed by atoms with van der Waals surface area (Å²) in [7, 11) is 0. The van der Waals surface area contributed by atoms with Crippen molar-refractivity contribution in [2.24, 2.45) is 5.73 Å². The Kier molecular flexibility index (Phi) is 12.7. The predicted molar refractivity (Wildman–Crippen MR) is 217 cm³/mol. The van der Waals surface area contributed by atoms with Crippen molar-refractivity contribution in [3.8, 4) is 0 Å². The van der Waals surface area contributed by atoms with Gasteiger partial charge in [0.1, 0.15) is 11.2 Å². The quantitative estimate of drug-likeness (QED) is 0.0803. The first-order chi connectivity index (χ1) is 26.5. The number of ether oxygens (including phenoxy) is 2. The maximum atomic E-state index is 15.2. The van der Waals surface area contributed by atoms with Crippen LogP contribution in [0.2, 0.25) is 0 Å². The highest BCUT2D eigenvalue weighted by Gasteiger charge is 2.49. The van der Waals surface area contributed by atoms with E-state index in [0.717, 1.165) is 16.3 Å². The van der Waals surface area contributed by atoms with Gasteiger partial charge in [0, 0.05) is 23.3 Å². The Bertz CT molecular complexity index is 2190. The summed E-state index contributed by atoms with van der Waals surface area (Å²) in [5, 5.41) is 8.12. The molecule has 56 heavy (non-hydrogen) atoms. The molecule has 0 bridgehead atoms. The molecule has 0 aliphatic rings. The molecular formula is C44H52N6O6. The lowest BCUT2D eigenvalue weighted by Crippen LogP contribution is -2.64. The second-order valence-electron chi connectivity index (χ2n) is 15.8. The lowest BCUT2D eigenvalue weighted by molar-refractivity contribution is -0.126. The molecule has 0 aliphatic heterocycles. The van der Waals surface area contributed by atoms with Crippen LogP contribution in [0.1, 0.15) is 94.5 Å². The molecule has 2 heterocycles. The third kappa shape index (κ3) is 10.0. The molecule has 0 radical (unpaired) electrons. The molecule has 2 atom stereocenters. The number of ketones is 1. The van der Waals surface area contributed by atoms with Crippen molar-refractivity contribution in [3.05, 3.63) is 120 Å². The van der Waals surface area contributed by atoms with E-state index < -0.39 is 46.7 Å². The van der Waals surface area contributed by atoms with Crippen LogP contribution in [0.3, 0.4) is 0 Å². The van der Waals surface area contributed by atoms with E-state index in [-0.39, 0.29) is 38.0 Å². The maximum absolute atomic E-state index is 15.2. The van der Waals surface area contributed by atoms with Gasteiger partial charge in [0.25, 0.3) is 5.91 Å². The second kappa shape index (κ2) is 17.3. The summed E-state index contributed by atoms with van der Waals surface area (Å²) >= 11 is 0. The predicted octanol–water partition coefficient (Wildman–Crippen LogP) is 7.78. The molecule has 12 heteroatoms. The molecule has 0 saturated heterocycles. The van der Waals surface area contributed by atoms with Crippen molar-refractivity contribution in [2.45, 2.75) is 97.2 Å². The fourth-order valence-electron chi connectivity index (χ4n) is 6.57. The zero-order valence-electron chi connectivity index (χ0n) is 33.2. The van der Waals surface area contributed by atoms with Crippen molar-refractivity contribution in [1.29, 1.82) is 0 Å². The minimum Gasteiger partial charge on any atom is -0.444 e. The Morgan fingerprint density at radius 3 is 2.14 bits per heavy atom. The number of nitrogens with zero attached hydrogens (tertiary/aromatic N) is 3. The number of hydrogen-bond acceptors (Lipinski definition) is 9. The van der Waals surface area contributed by atoms with Crippen LogP contribution in [0.4, 0.5) is 9.59 Å². The van der Waals surface area contributed by atoms with Crippen molar-refractivity contribution >= 4 is 45.6 Å². The van der Waals surface area contributed by atoms with E-state index in [1.165, 1.54) is 4.90 Å². The lowest BCUT2D eigenvalue weighted by Gasteiger charge is -2.34. The summed E-state index contributed by atoms with van der Waals surface area (Å²) in [5.41, 5.74) is 4.88. The number of nitrogens with one attached hydrogen (secondary N) is 2. The highest BCUT2D eigenvalue weighted by atomic mass is 16.6. The van der Waals surface area contributed by atoms with Gasteiger partial charge < -0.3 is 20.5 Å². The number of hydrogen-bond donors (Lipinski definition) is 3. The van der Waals surface area contributed by atoms with Crippen molar-refractivity contribution in [1.82, 2.24) is 25.5 Å². The standard InChI is InChI=1S/C44H52N6O6/c1-29(33-19-12-16-30-15-8-9-18-34(30)33)48-39(52)44(23-14-24-45,49-40(53)55-42(2,3)4)38(51)36-22-21-31(37-35(36)20-13-26-47-37)27-50(41(54)56-43(5,6)7)28-32-17-10-11-25-46-32/h8-13,15-22,25-26,29H,14,23-24,27-28,45H2,1-7H3,(H,48,52)(H,49,53)/t29-,44+/m0/s1. The molecule has 0 unspecified atom stereocenters. The number of amides is 3. The third-order valence-corrected chi connectivity index (χ3v) is 9.07. The van der Waals surface area contributed by atoms with Gasteiger partial charge in [-0.05, 0) is 108 Å². The zero-order valence-corrected chi connectivity index (χ0v) is 33.2. The average Bonchev–Trinajstić information content (AvgIpc) is 3.14. The summed E-state index contributed by atoms with van der Waals surface area (Å²) in [4.78, 5) is 67.7. The molecule has 0 aliphatic carbocycles. The van der Waals surface area contributed by atoms with Crippen LogP contribution in [0.25, 0.3) is 21.7 Å². The van der Waals surface area contributed by atoms with E-state index in [2.05, 4.69) is 20.6 Å². The van der Waals surface area contributed by atoms with Crippen LogP contribution in [-0.4, -0.2) is 62.0 Å². The van der Waals surface area contributed by atoms with Crippen LogP contribution >= 0.6 is 0 Å². The number of rotatable bonds is 13. The number of carbonyl (C=O) groups is 4. The van der Waals surface area contributed by atoms with Gasteiger partial charge in [-0.2, -0.15) is 0 Å². The first-order valence-electron chi connectivity index (χ1n) is 18.8. The number of alkyl carbamates (subject to hydrolysis) is 1. The van der Waals surface area contributed by atoms with E-state index in [1.807, 2.05) is 61.5 Å². The summed E-state index contributed by atoms with van der Waals surface area (Å²) in [6, 6.07) is 25.3. The zero-order chi connectivity index (χ0) is 40.7. The van der Waals surface area contributed by atoms with Crippen LogP contribution < -0.4 is 16.4 Å². The number of carbonyl (C=O) groups excluding carboxylic acids is 4. The van der Waals surface area contributed by atoms with Crippen LogP contribution in [-0.2, 0) is 27.4 Å². The van der Waals surface area contributed by atoms with Gasteiger partial charge in [0.15, 0.2) is 11.3 Å². The Morgan fingerprint density at radius 1 is 0.768 bits per heavy atom. The van der Waals surface area contributed by atoms with E-state index in [1.54, 1.807) is 84.3 Å². The van der Waals surface area contributed by atoms with Gasteiger partial charge in [-0.25, -0.2) is 9.59 Å². The van der Waals surface area contributed by atoms with Crippen molar-refractivity contribution in [2.75, 3.05) is 6.54 Å². The molecule has 3 aromatic carbocycles. The molecule has 5 aromatic rings. The summed E-state index contributed by atoms with van der Waals surface area (Å²) in [6.07, 6.45) is 1.88. The number of aromatic nitrogens is 2. The fraction of sp³-hybridized carbons (Fsp3) is 0.364. The normalized spacial score (nSPS) is 13.4. The van der Waals surface area contributed by atoms with Gasteiger partial charge in [0.05, 0.1) is 30.3 Å². The van der Waals surface area contributed by atoms with E-state index in [4.69, 9.17) is 15.2 Å². The highest BCUT2D eigenvalue weighted by molar-refractivity contribution is 6.23. The molecule has 5 rings (SSSR count). The lowest BCUT2D eigenvalue weighted by atomic mass is 9.82. The van der Waals surface area contributed by atoms with Crippen LogP contribution in [0.15, 0.2) is 97.3 Å². The Morgan fingerprint density at radius 2 is 1.45 bits per heavy atom. The van der Waals surface area contributed by atoms with E-state index in [9.17, 15) is 14.4 Å². The molecule has 2 aromatic heterocycles. The Hall–Kier alpha value is -5.88. The Labute approximate surface area is 328 Å². The maximum Gasteiger partial charge on any atom is 0.410 e. The highest BCUT2D eigenvalue weighted by Crippen LogP contribution is 2.31. The van der Waals surface area contributed by atoms with Gasteiger partial charge in [-0.3, -0.25) is 29.8 Å². The Balaban J connectivity index is 1.59. The van der Waals surface area contributed by atoms with Crippen molar-refractivity contribution < 1.29 is 28.7 Å². The van der Waals surface area contributed by atoms with Gasteiger partial charge in [0.2, 0.25) is 0 Å². The third-order valence-electron chi connectivity index (χ3n) is 9.07. The molecule has 3 amide bonds. The van der Waals surface area contributed by atoms with Crippen LogP contribution in [0, 0.1) is 0 Å². The first-order valence-corrected chi connectivity index (χ1v) is 18.8. The average molecular weight is 761 g/mol. The minimum atomic E-state index is -2.13. The second-order valence-corrected chi connectivity index (χ2v) is 15.8. The van der Waals surface area contributed by atoms with Crippen LogP contribution in [0.5, 0.6) is 0 Å². The van der Waals surface area contributed by atoms with E-state index in [0.29, 0.717) is 22.2 Å². The number of nitrogens with two attached hydrogens (primary N) is 1. The molecule has 0 spiro atoms. The molecule has 4 N–H and O–H groups in total. The monoisotopic (exact) mass is 760 g/mol. The molecular weight excluding hydrogens is 709 g/mol. The number of fused-ring (bicyclic) bond motifs is 2. The molecule has 0 fully saturated rings. The fourth-order valence-corrected chi connectivity index (χ4v) is 6.57. The summed E-state index contributed by atoms with van der Waals surface area (Å²) in [5.74, 6) is -1.38. The van der Waals surface area contributed by atoms with Gasteiger partial charge in [-0.1, -0.05) is 66.7 Å². The van der Waals surface area contributed by atoms with Gasteiger partial charge >= 0.3 is 12.2 Å². The molecule has 12 nitrogen and oxygen atoms in total. The minimum absolute atomic E-state index is 0.0744. The van der Waals surface area contributed by atoms with Crippen molar-refractivity contribution in [3.63, 3.8) is 0 Å². The smallest absolute Gasteiger partial charge is 0.410 e. The van der Waals surface area contributed by atoms with Gasteiger partial charge in [-0.15, -0.1) is 0 Å². The largest absolute Gasteiger partial charge is 0.444 e.